The second kappa shape index (κ2) is 6.04. The molecular formula is C14H20N2O3. The number of para-hydroxylation sites is 2. The van der Waals surface area contributed by atoms with Crippen LogP contribution in [-0.4, -0.2) is 55.8 Å². The summed E-state index contributed by atoms with van der Waals surface area (Å²) in [5.41, 5.74) is 0.797. The Hall–Kier alpha value is -1.59. The molecule has 0 saturated carbocycles. The summed E-state index contributed by atoms with van der Waals surface area (Å²) in [7, 11) is 3.52. The van der Waals surface area contributed by atoms with Crippen LogP contribution in [0, 0.1) is 0 Å². The standard InChI is InChI=1S/C14H20N2O3/c1-15-8-9-16(14(18)12(15)7-10-17)11-5-3-4-6-13(11)19-2/h3-6,12,17H,7-10H2,1-2H3. The number of carbonyl (C=O) groups is 1. The number of rotatable bonds is 4. The van der Waals surface area contributed by atoms with E-state index in [1.54, 1.807) is 12.0 Å². The van der Waals surface area contributed by atoms with E-state index in [9.17, 15) is 4.79 Å². The van der Waals surface area contributed by atoms with Crippen LogP contribution in [0.25, 0.3) is 0 Å². The molecule has 1 saturated heterocycles. The maximum atomic E-state index is 12.5. The number of nitrogens with zero attached hydrogens (tertiary/aromatic N) is 2. The highest BCUT2D eigenvalue weighted by atomic mass is 16.5. The number of likely N-dealkylation sites (N-methyl/N-ethyl adjacent to an activating group) is 1. The van der Waals surface area contributed by atoms with Gasteiger partial charge in [-0.1, -0.05) is 12.1 Å². The first-order valence-corrected chi connectivity index (χ1v) is 6.44. The van der Waals surface area contributed by atoms with E-state index in [1.165, 1.54) is 0 Å². The maximum Gasteiger partial charge on any atom is 0.244 e. The van der Waals surface area contributed by atoms with Gasteiger partial charge in [0.15, 0.2) is 0 Å². The summed E-state index contributed by atoms with van der Waals surface area (Å²) >= 11 is 0. The SMILES string of the molecule is COc1ccccc1N1CCN(C)C(CCO)C1=O. The van der Waals surface area contributed by atoms with E-state index in [4.69, 9.17) is 9.84 Å². The predicted octanol–water partition coefficient (Wildman–Crippen LogP) is 0.725. The Morgan fingerprint density at radius 3 is 2.79 bits per heavy atom. The Balaban J connectivity index is 2.27. The molecule has 1 aromatic rings. The fourth-order valence-electron chi connectivity index (χ4n) is 2.45. The molecule has 1 amide bonds. The van der Waals surface area contributed by atoms with Crippen LogP contribution in [0.15, 0.2) is 24.3 Å². The summed E-state index contributed by atoms with van der Waals surface area (Å²) in [6.07, 6.45) is 0.459. The fraction of sp³-hybridized carbons (Fsp3) is 0.500. The normalized spacial score (nSPS) is 20.7. The van der Waals surface area contributed by atoms with E-state index in [1.807, 2.05) is 36.2 Å². The van der Waals surface area contributed by atoms with Crippen LogP contribution in [-0.2, 0) is 4.79 Å². The Kier molecular flexibility index (Phi) is 4.39. The Labute approximate surface area is 113 Å². The summed E-state index contributed by atoms with van der Waals surface area (Å²) in [6, 6.07) is 7.25. The number of anilines is 1. The number of methoxy groups -OCH3 is 1. The number of benzene rings is 1. The molecule has 0 bridgehead atoms. The molecule has 5 heteroatoms. The number of hydrogen-bond donors (Lipinski definition) is 1. The van der Waals surface area contributed by atoms with Gasteiger partial charge in [-0.05, 0) is 25.6 Å². The van der Waals surface area contributed by atoms with E-state index in [2.05, 4.69) is 0 Å². The average molecular weight is 264 g/mol. The van der Waals surface area contributed by atoms with Crippen molar-refractivity contribution in [1.82, 2.24) is 4.90 Å². The minimum absolute atomic E-state index is 0.0144. The van der Waals surface area contributed by atoms with E-state index in [0.29, 0.717) is 18.7 Å². The molecule has 19 heavy (non-hydrogen) atoms. The van der Waals surface area contributed by atoms with Crippen LogP contribution in [0.4, 0.5) is 5.69 Å². The molecule has 1 aliphatic rings. The van der Waals surface area contributed by atoms with Gasteiger partial charge in [0.2, 0.25) is 5.91 Å². The molecule has 1 aromatic carbocycles. The first kappa shape index (κ1) is 13.8. The third kappa shape index (κ3) is 2.72. The van der Waals surface area contributed by atoms with Crippen LogP contribution >= 0.6 is 0 Å². The van der Waals surface area contributed by atoms with Gasteiger partial charge in [-0.3, -0.25) is 9.69 Å². The Morgan fingerprint density at radius 1 is 1.37 bits per heavy atom. The average Bonchev–Trinajstić information content (AvgIpc) is 2.43. The largest absolute Gasteiger partial charge is 0.495 e. The third-order valence-electron chi connectivity index (χ3n) is 3.54. The molecule has 2 rings (SSSR count). The van der Waals surface area contributed by atoms with Crippen LogP contribution < -0.4 is 9.64 Å². The molecule has 0 aromatic heterocycles. The van der Waals surface area contributed by atoms with E-state index < -0.39 is 0 Å². The van der Waals surface area contributed by atoms with Crippen molar-refractivity contribution in [2.75, 3.05) is 38.8 Å². The zero-order valence-corrected chi connectivity index (χ0v) is 11.4. The maximum absolute atomic E-state index is 12.5. The number of amides is 1. The van der Waals surface area contributed by atoms with Crippen molar-refractivity contribution >= 4 is 11.6 Å². The third-order valence-corrected chi connectivity index (χ3v) is 3.54. The second-order valence-electron chi connectivity index (χ2n) is 4.67. The molecule has 0 spiro atoms. The van der Waals surface area contributed by atoms with Gasteiger partial charge in [0, 0.05) is 19.7 Å². The van der Waals surface area contributed by atoms with Crippen LogP contribution in [0.3, 0.4) is 0 Å². The lowest BCUT2D eigenvalue weighted by atomic mass is 10.1. The molecule has 1 atom stereocenters. The fourth-order valence-corrected chi connectivity index (χ4v) is 2.45. The Bertz CT molecular complexity index is 450. The second-order valence-corrected chi connectivity index (χ2v) is 4.67. The highest BCUT2D eigenvalue weighted by Gasteiger charge is 2.33. The van der Waals surface area contributed by atoms with Crippen molar-refractivity contribution in [2.24, 2.45) is 0 Å². The molecule has 1 fully saturated rings. The molecule has 1 aliphatic heterocycles. The lowest BCUT2D eigenvalue weighted by molar-refractivity contribution is -0.125. The molecule has 5 nitrogen and oxygen atoms in total. The minimum atomic E-state index is -0.260. The number of piperazine rings is 1. The number of aliphatic hydroxyl groups excluding tert-OH is 1. The van der Waals surface area contributed by atoms with Crippen LogP contribution in [0.5, 0.6) is 5.75 Å². The van der Waals surface area contributed by atoms with Gasteiger partial charge in [0.1, 0.15) is 5.75 Å². The van der Waals surface area contributed by atoms with E-state index in [0.717, 1.165) is 12.2 Å². The number of aliphatic hydroxyl groups is 1. The van der Waals surface area contributed by atoms with E-state index in [-0.39, 0.29) is 18.6 Å². The van der Waals surface area contributed by atoms with Crippen molar-refractivity contribution < 1.29 is 14.6 Å². The van der Waals surface area contributed by atoms with Crippen molar-refractivity contribution in [2.45, 2.75) is 12.5 Å². The van der Waals surface area contributed by atoms with Crippen molar-refractivity contribution in [3.8, 4) is 5.75 Å². The highest BCUT2D eigenvalue weighted by Crippen LogP contribution is 2.30. The predicted molar refractivity (Wildman–Crippen MR) is 73.5 cm³/mol. The molecule has 0 radical (unpaired) electrons. The van der Waals surface area contributed by atoms with E-state index >= 15 is 0 Å². The molecular weight excluding hydrogens is 244 g/mol. The van der Waals surface area contributed by atoms with Gasteiger partial charge in [-0.15, -0.1) is 0 Å². The van der Waals surface area contributed by atoms with Gasteiger partial charge in [0.25, 0.3) is 0 Å². The lowest BCUT2D eigenvalue weighted by Crippen LogP contribution is -2.56. The smallest absolute Gasteiger partial charge is 0.244 e. The first-order valence-electron chi connectivity index (χ1n) is 6.44. The van der Waals surface area contributed by atoms with Gasteiger partial charge < -0.3 is 14.7 Å². The zero-order valence-electron chi connectivity index (χ0n) is 11.4. The Morgan fingerprint density at radius 2 is 2.11 bits per heavy atom. The highest BCUT2D eigenvalue weighted by molar-refractivity contribution is 5.99. The minimum Gasteiger partial charge on any atom is -0.495 e. The summed E-state index contributed by atoms with van der Waals surface area (Å²) in [5, 5.41) is 9.09. The first-order chi connectivity index (χ1) is 9.19. The van der Waals surface area contributed by atoms with Gasteiger partial charge >= 0.3 is 0 Å². The van der Waals surface area contributed by atoms with Crippen molar-refractivity contribution in [3.05, 3.63) is 24.3 Å². The number of ether oxygens (including phenoxy) is 1. The van der Waals surface area contributed by atoms with Gasteiger partial charge in [-0.2, -0.15) is 0 Å². The van der Waals surface area contributed by atoms with Crippen LogP contribution in [0.2, 0.25) is 0 Å². The quantitative estimate of drug-likeness (QED) is 0.871. The monoisotopic (exact) mass is 264 g/mol. The number of hydrogen-bond acceptors (Lipinski definition) is 4. The van der Waals surface area contributed by atoms with Gasteiger partial charge in [-0.25, -0.2) is 0 Å². The molecule has 1 N–H and O–H groups in total. The summed E-state index contributed by atoms with van der Waals surface area (Å²) in [5.74, 6) is 0.718. The lowest BCUT2D eigenvalue weighted by Gasteiger charge is -2.38. The molecule has 1 unspecified atom stereocenters. The molecule has 1 heterocycles. The summed E-state index contributed by atoms with van der Waals surface area (Å²) in [4.78, 5) is 16.3. The van der Waals surface area contributed by atoms with Crippen LogP contribution in [0.1, 0.15) is 6.42 Å². The van der Waals surface area contributed by atoms with Crippen molar-refractivity contribution in [3.63, 3.8) is 0 Å². The van der Waals surface area contributed by atoms with Crippen molar-refractivity contribution in [1.29, 1.82) is 0 Å². The topological polar surface area (TPSA) is 53.0 Å². The zero-order chi connectivity index (χ0) is 13.8. The summed E-state index contributed by atoms with van der Waals surface area (Å²) in [6.45, 7) is 1.44. The summed E-state index contributed by atoms with van der Waals surface area (Å²) < 4.78 is 5.31. The molecule has 104 valence electrons. The molecule has 0 aliphatic carbocycles. The van der Waals surface area contributed by atoms with Gasteiger partial charge in [0.05, 0.1) is 18.8 Å². The number of carbonyl (C=O) groups excluding carboxylic acids is 1.